The monoisotopic (exact) mass is 369 g/mol. The fourth-order valence-electron chi connectivity index (χ4n) is 2.80. The van der Waals surface area contributed by atoms with Crippen LogP contribution in [0.1, 0.15) is 36.8 Å². The van der Waals surface area contributed by atoms with E-state index in [4.69, 9.17) is 9.57 Å². The zero-order chi connectivity index (χ0) is 19.1. The molecule has 1 aliphatic heterocycles. The van der Waals surface area contributed by atoms with E-state index in [-0.39, 0.29) is 19.1 Å². The van der Waals surface area contributed by atoms with Crippen molar-refractivity contribution in [2.24, 2.45) is 0 Å². The molecular weight excluding hydrogens is 346 g/mol. The van der Waals surface area contributed by atoms with Gasteiger partial charge in [-0.3, -0.25) is 14.8 Å². The molecular formula is C20H23N3O4. The maximum atomic E-state index is 12.0. The topological polar surface area (TPSA) is 81.6 Å². The summed E-state index contributed by atoms with van der Waals surface area (Å²) in [5.41, 5.74) is 3.84. The maximum absolute atomic E-state index is 12.0. The normalized spacial score (nSPS) is 14.7. The minimum atomic E-state index is -0.427. The number of carbonyl (C=O) groups excluding carboxylic acids is 2. The van der Waals surface area contributed by atoms with Crippen LogP contribution < -0.4 is 0 Å². The van der Waals surface area contributed by atoms with E-state index in [1.807, 2.05) is 31.2 Å². The number of rotatable bonds is 6. The lowest BCUT2D eigenvalue weighted by atomic mass is 10.1. The first kappa shape index (κ1) is 19.0. The lowest BCUT2D eigenvalue weighted by molar-refractivity contribution is -0.212. The first-order valence-corrected chi connectivity index (χ1v) is 9.09. The average molecular weight is 369 g/mol. The van der Waals surface area contributed by atoms with Crippen molar-refractivity contribution in [2.45, 2.75) is 39.0 Å². The molecule has 27 heavy (non-hydrogen) atoms. The Kier molecular flexibility index (Phi) is 6.49. The smallest absolute Gasteiger partial charge is 0.332 e. The number of aromatic nitrogens is 2. The fourth-order valence-corrected chi connectivity index (χ4v) is 2.80. The van der Waals surface area contributed by atoms with Crippen LogP contribution in [0.5, 0.6) is 0 Å². The van der Waals surface area contributed by atoms with E-state index in [1.165, 1.54) is 0 Å². The quantitative estimate of drug-likeness (QED) is 0.779. The highest BCUT2D eigenvalue weighted by Gasteiger charge is 2.21. The molecule has 3 rings (SSSR count). The number of hydrogen-bond donors (Lipinski definition) is 0. The van der Waals surface area contributed by atoms with E-state index in [0.717, 1.165) is 27.6 Å². The highest BCUT2D eigenvalue weighted by Crippen LogP contribution is 2.17. The van der Waals surface area contributed by atoms with E-state index in [1.54, 1.807) is 12.4 Å². The van der Waals surface area contributed by atoms with Gasteiger partial charge in [0.05, 0.1) is 11.4 Å². The van der Waals surface area contributed by atoms with Crippen LogP contribution in [-0.2, 0) is 25.6 Å². The predicted octanol–water partition coefficient (Wildman–Crippen LogP) is 2.83. The Morgan fingerprint density at radius 2 is 2.00 bits per heavy atom. The molecule has 7 heteroatoms. The fraction of sp³-hybridized carbons (Fsp3) is 0.400. The van der Waals surface area contributed by atoms with E-state index in [2.05, 4.69) is 9.97 Å². The zero-order valence-corrected chi connectivity index (χ0v) is 15.4. The molecule has 3 heterocycles. The highest BCUT2D eigenvalue weighted by atomic mass is 16.7. The van der Waals surface area contributed by atoms with Gasteiger partial charge in [-0.15, -0.1) is 5.06 Å². The van der Waals surface area contributed by atoms with Crippen LogP contribution in [0.15, 0.2) is 36.7 Å². The predicted molar refractivity (Wildman–Crippen MR) is 98.1 cm³/mol. The van der Waals surface area contributed by atoms with Gasteiger partial charge in [0.2, 0.25) is 0 Å². The van der Waals surface area contributed by atoms with Crippen LogP contribution in [-0.4, -0.2) is 40.2 Å². The van der Waals surface area contributed by atoms with E-state index in [9.17, 15) is 9.59 Å². The average Bonchev–Trinajstić information content (AvgIpc) is 2.86. The third-order valence-corrected chi connectivity index (χ3v) is 4.23. The van der Waals surface area contributed by atoms with E-state index in [0.29, 0.717) is 32.3 Å². The maximum Gasteiger partial charge on any atom is 0.332 e. The third kappa shape index (κ3) is 5.59. The summed E-state index contributed by atoms with van der Waals surface area (Å²) in [4.78, 5) is 37.6. The number of hydroxylamine groups is 2. The molecule has 0 bridgehead atoms. The van der Waals surface area contributed by atoms with Gasteiger partial charge in [0.25, 0.3) is 5.91 Å². The minimum Gasteiger partial charge on any atom is -0.358 e. The molecule has 1 saturated heterocycles. The van der Waals surface area contributed by atoms with Gasteiger partial charge in [0, 0.05) is 31.8 Å². The van der Waals surface area contributed by atoms with Gasteiger partial charge in [0.1, 0.15) is 0 Å². The summed E-state index contributed by atoms with van der Waals surface area (Å²) < 4.78 is 5.23. The molecule has 0 aliphatic carbocycles. The standard InChI is InChI=1S/C20H23N3O4/c1-15-7-9-21-17(12-15)18-13-16(8-10-22-18)4-2-6-20(25)27-23-14-26-11-3-5-19(23)24/h7-10,12-13H,2-6,11,14H2,1H3. The molecule has 0 radical (unpaired) electrons. The van der Waals surface area contributed by atoms with Crippen LogP contribution >= 0.6 is 0 Å². The Balaban J connectivity index is 1.51. The lowest BCUT2D eigenvalue weighted by Crippen LogP contribution is -2.33. The summed E-state index contributed by atoms with van der Waals surface area (Å²) in [6.45, 7) is 2.52. The van der Waals surface area contributed by atoms with Crippen molar-refractivity contribution in [1.82, 2.24) is 15.0 Å². The van der Waals surface area contributed by atoms with Crippen molar-refractivity contribution in [3.63, 3.8) is 0 Å². The molecule has 7 nitrogen and oxygen atoms in total. The number of ether oxygens (including phenoxy) is 1. The Hall–Kier alpha value is -2.80. The largest absolute Gasteiger partial charge is 0.358 e. The summed E-state index contributed by atoms with van der Waals surface area (Å²) in [5, 5.41) is 1.02. The van der Waals surface area contributed by atoms with Gasteiger partial charge in [-0.1, -0.05) is 0 Å². The third-order valence-electron chi connectivity index (χ3n) is 4.23. The van der Waals surface area contributed by atoms with Crippen molar-refractivity contribution >= 4 is 11.9 Å². The Bertz CT molecular complexity index is 809. The molecule has 1 aliphatic rings. The Morgan fingerprint density at radius 1 is 1.22 bits per heavy atom. The van der Waals surface area contributed by atoms with E-state index >= 15 is 0 Å². The number of hydrogen-bond acceptors (Lipinski definition) is 6. The summed E-state index contributed by atoms with van der Waals surface area (Å²) in [7, 11) is 0. The lowest BCUT2D eigenvalue weighted by Gasteiger charge is -2.18. The molecule has 0 saturated carbocycles. The second-order valence-electron chi connectivity index (χ2n) is 6.50. The van der Waals surface area contributed by atoms with Gasteiger partial charge < -0.3 is 9.57 Å². The van der Waals surface area contributed by atoms with Crippen molar-refractivity contribution in [2.75, 3.05) is 13.3 Å². The summed E-state index contributed by atoms with van der Waals surface area (Å²) >= 11 is 0. The van der Waals surface area contributed by atoms with Gasteiger partial charge in [-0.2, -0.15) is 0 Å². The summed E-state index contributed by atoms with van der Waals surface area (Å²) in [6, 6.07) is 7.85. The molecule has 1 amide bonds. The number of carbonyl (C=O) groups is 2. The molecule has 0 aromatic carbocycles. The SMILES string of the molecule is Cc1ccnc(-c2cc(CCCC(=O)ON3COCCCC3=O)ccn2)c1. The number of amides is 1. The van der Waals surface area contributed by atoms with E-state index < -0.39 is 5.97 Å². The van der Waals surface area contributed by atoms with Crippen LogP contribution in [0.4, 0.5) is 0 Å². The number of nitrogens with zero attached hydrogens (tertiary/aromatic N) is 3. The van der Waals surface area contributed by atoms with Gasteiger partial charge >= 0.3 is 5.97 Å². The molecule has 2 aromatic rings. The van der Waals surface area contributed by atoms with Crippen LogP contribution in [0.2, 0.25) is 0 Å². The van der Waals surface area contributed by atoms with Gasteiger partial charge in [-0.05, 0) is 61.6 Å². The van der Waals surface area contributed by atoms with Crippen LogP contribution in [0.25, 0.3) is 11.4 Å². The summed E-state index contributed by atoms with van der Waals surface area (Å²) in [5.74, 6) is -0.645. The first-order chi connectivity index (χ1) is 13.1. The first-order valence-electron chi connectivity index (χ1n) is 9.09. The second kappa shape index (κ2) is 9.23. The van der Waals surface area contributed by atoms with Crippen LogP contribution in [0, 0.1) is 6.92 Å². The molecule has 0 N–H and O–H groups in total. The molecule has 142 valence electrons. The highest BCUT2D eigenvalue weighted by molar-refractivity contribution is 5.78. The second-order valence-corrected chi connectivity index (χ2v) is 6.50. The molecule has 1 fully saturated rings. The Morgan fingerprint density at radius 3 is 2.81 bits per heavy atom. The number of aryl methyl sites for hydroxylation is 2. The van der Waals surface area contributed by atoms with Crippen LogP contribution in [0.3, 0.4) is 0 Å². The Labute approximate surface area is 158 Å². The molecule has 0 atom stereocenters. The van der Waals surface area contributed by atoms with Gasteiger partial charge in [-0.25, -0.2) is 4.79 Å². The van der Waals surface area contributed by atoms with Crippen molar-refractivity contribution < 1.29 is 19.2 Å². The van der Waals surface area contributed by atoms with Gasteiger partial charge in [0.15, 0.2) is 6.73 Å². The van der Waals surface area contributed by atoms with Crippen molar-refractivity contribution in [3.05, 3.63) is 47.8 Å². The molecule has 0 spiro atoms. The minimum absolute atomic E-state index is 0.00177. The zero-order valence-electron chi connectivity index (χ0n) is 15.4. The molecule has 2 aromatic heterocycles. The van der Waals surface area contributed by atoms with Crippen molar-refractivity contribution in [1.29, 1.82) is 0 Å². The molecule has 0 unspecified atom stereocenters. The van der Waals surface area contributed by atoms with Crippen molar-refractivity contribution in [3.8, 4) is 11.4 Å². The number of pyridine rings is 2. The summed E-state index contributed by atoms with van der Waals surface area (Å²) in [6.07, 6.45) is 6.05.